The average molecular weight is 703 g/mol. The zero-order valence-corrected chi connectivity index (χ0v) is 32.5. The Kier molecular flexibility index (Phi) is 15.0. The molecule has 3 aliphatic heterocycles. The zero-order valence-electron chi connectivity index (χ0n) is 32.5. The fourth-order valence-electron chi connectivity index (χ4n) is 8.46. The summed E-state index contributed by atoms with van der Waals surface area (Å²) in [5.74, 6) is -2.22. The molecule has 3 aliphatic rings. The van der Waals surface area contributed by atoms with Gasteiger partial charge in [0.25, 0.3) is 0 Å². The van der Waals surface area contributed by atoms with E-state index in [1.54, 1.807) is 20.8 Å². The van der Waals surface area contributed by atoms with Crippen LogP contribution in [0, 0.1) is 23.7 Å². The third-order valence-electron chi connectivity index (χ3n) is 11.7. The Morgan fingerprint density at radius 2 is 1.55 bits per heavy atom. The predicted molar refractivity (Wildman–Crippen MR) is 187 cm³/mol. The van der Waals surface area contributed by atoms with Gasteiger partial charge in [-0.15, -0.1) is 0 Å². The van der Waals surface area contributed by atoms with E-state index in [9.17, 15) is 25.2 Å². The van der Waals surface area contributed by atoms with Crippen molar-refractivity contribution in [3.8, 4) is 0 Å². The summed E-state index contributed by atoms with van der Waals surface area (Å²) in [4.78, 5) is 18.2. The maximum Gasteiger partial charge on any atom is 0.311 e. The van der Waals surface area contributed by atoms with Crippen molar-refractivity contribution in [3.63, 3.8) is 0 Å². The molecule has 288 valence electrons. The van der Waals surface area contributed by atoms with Crippen LogP contribution >= 0.6 is 0 Å². The van der Waals surface area contributed by atoms with Gasteiger partial charge in [0, 0.05) is 37.4 Å². The van der Waals surface area contributed by atoms with Gasteiger partial charge in [-0.05, 0) is 93.8 Å². The number of rotatable bonds is 6. The summed E-state index contributed by atoms with van der Waals surface area (Å²) in [6, 6.07) is -0.260. The summed E-state index contributed by atoms with van der Waals surface area (Å²) in [6.07, 6.45) is -3.95. The van der Waals surface area contributed by atoms with Crippen molar-refractivity contribution in [2.75, 3.05) is 27.7 Å². The molecular weight excluding hydrogens is 632 g/mol. The molecule has 8 unspecified atom stereocenters. The highest BCUT2D eigenvalue weighted by atomic mass is 16.7. The molecule has 0 radical (unpaired) electrons. The first kappa shape index (κ1) is 42.5. The lowest BCUT2D eigenvalue weighted by Crippen LogP contribution is -2.59. The molecular formula is C37H70N2O10. The maximum absolute atomic E-state index is 14.1. The van der Waals surface area contributed by atoms with Gasteiger partial charge in [0.05, 0.1) is 42.0 Å². The van der Waals surface area contributed by atoms with Gasteiger partial charge < -0.3 is 53.9 Å². The predicted octanol–water partition coefficient (Wildman–Crippen LogP) is 3.16. The molecule has 49 heavy (non-hydrogen) atoms. The Balaban J connectivity index is 2.11. The van der Waals surface area contributed by atoms with Crippen molar-refractivity contribution in [3.05, 3.63) is 0 Å². The number of aliphatic hydroxyl groups is 4. The Morgan fingerprint density at radius 1 is 0.939 bits per heavy atom. The van der Waals surface area contributed by atoms with Crippen molar-refractivity contribution in [1.29, 1.82) is 0 Å². The van der Waals surface area contributed by atoms with Crippen molar-refractivity contribution < 1.29 is 48.9 Å². The second-order valence-corrected chi connectivity index (χ2v) is 16.6. The summed E-state index contributed by atoms with van der Waals surface area (Å²) in [7, 11) is 5.96. The van der Waals surface area contributed by atoms with Gasteiger partial charge in [-0.2, -0.15) is 0 Å². The Labute approximate surface area is 295 Å². The van der Waals surface area contributed by atoms with Gasteiger partial charge in [-0.3, -0.25) is 4.79 Å². The number of hydrogen-bond donors (Lipinski definition) is 4. The molecule has 0 saturated carbocycles. The van der Waals surface area contributed by atoms with Crippen LogP contribution in [0.5, 0.6) is 0 Å². The van der Waals surface area contributed by atoms with E-state index in [0.717, 1.165) is 6.42 Å². The number of nitrogens with zero attached hydrogens (tertiary/aromatic N) is 2. The van der Waals surface area contributed by atoms with Gasteiger partial charge in [-0.1, -0.05) is 27.7 Å². The van der Waals surface area contributed by atoms with Crippen molar-refractivity contribution >= 4 is 5.97 Å². The number of likely N-dealkylation sites (N-methyl/N-ethyl adjacent to an activating group) is 1. The molecule has 12 nitrogen and oxygen atoms in total. The number of hydrogen-bond acceptors (Lipinski definition) is 12. The van der Waals surface area contributed by atoms with Gasteiger partial charge >= 0.3 is 5.97 Å². The van der Waals surface area contributed by atoms with E-state index in [-0.39, 0.29) is 30.4 Å². The molecule has 3 rings (SSSR count). The Bertz CT molecular complexity index is 1030. The van der Waals surface area contributed by atoms with E-state index < -0.39 is 84.3 Å². The highest BCUT2D eigenvalue weighted by Crippen LogP contribution is 2.39. The van der Waals surface area contributed by atoms with Crippen LogP contribution in [0.1, 0.15) is 101 Å². The summed E-state index contributed by atoms with van der Waals surface area (Å²) in [5, 5.41) is 46.1. The van der Waals surface area contributed by atoms with Crippen LogP contribution in [0.25, 0.3) is 0 Å². The Morgan fingerprint density at radius 3 is 2.12 bits per heavy atom. The first-order valence-corrected chi connectivity index (χ1v) is 18.6. The van der Waals surface area contributed by atoms with Crippen LogP contribution in [-0.2, 0) is 28.5 Å². The Hall–Kier alpha value is -0.930. The number of carbonyl (C=O) groups excluding carboxylic acids is 1. The minimum atomic E-state index is -1.74. The summed E-state index contributed by atoms with van der Waals surface area (Å²) < 4.78 is 32.0. The minimum Gasteiger partial charge on any atom is -0.459 e. The fourth-order valence-corrected chi connectivity index (χ4v) is 8.46. The van der Waals surface area contributed by atoms with E-state index in [1.807, 2.05) is 67.6 Å². The molecule has 0 amide bonds. The monoisotopic (exact) mass is 703 g/mol. The lowest BCUT2D eigenvalue weighted by molar-refractivity contribution is -0.290. The molecule has 4 N–H and O–H groups in total. The second kappa shape index (κ2) is 17.3. The van der Waals surface area contributed by atoms with E-state index >= 15 is 0 Å². The largest absolute Gasteiger partial charge is 0.459 e. The molecule has 17 atom stereocenters. The van der Waals surface area contributed by atoms with Gasteiger partial charge in [0.1, 0.15) is 17.8 Å². The number of carbonyl (C=O) groups is 1. The average Bonchev–Trinajstić information content (AvgIpc) is 3.00. The smallest absolute Gasteiger partial charge is 0.311 e. The van der Waals surface area contributed by atoms with Crippen molar-refractivity contribution in [1.82, 2.24) is 9.80 Å². The standard InChI is InChI=1S/C37H70N2O10/c1-14-28-37(10,44)33(41)25(7)39(13)19-20(2)18-36(9,43)34(49-30-17-27(38(11)12)16-22(4)45-30)23(5)32(24(6)35(42)47-28)48-29-15-21(3)31(40)26(8)46-29/h20-34,40-41,43-44H,14-19H2,1-13H3/t20-,21?,22?,23+,24?,25?,26?,27?,28-,29+,30?,31-,32+,33?,34-,36-,37-/m1/s1. The molecule has 0 aromatic carbocycles. The fraction of sp³-hybridized carbons (Fsp3) is 0.973. The highest BCUT2D eigenvalue weighted by Gasteiger charge is 2.50. The third-order valence-corrected chi connectivity index (χ3v) is 11.7. The maximum atomic E-state index is 14.1. The molecule has 3 heterocycles. The normalized spacial score (nSPS) is 48.9. The van der Waals surface area contributed by atoms with Crippen LogP contribution in [0.2, 0.25) is 0 Å². The number of ether oxygens (including phenoxy) is 5. The van der Waals surface area contributed by atoms with Crippen LogP contribution in [0.3, 0.4) is 0 Å². The molecule has 0 spiro atoms. The molecule has 0 aromatic rings. The molecule has 3 fully saturated rings. The topological polar surface area (TPSA) is 151 Å². The molecule has 0 aromatic heterocycles. The first-order valence-electron chi connectivity index (χ1n) is 18.6. The van der Waals surface area contributed by atoms with Crippen LogP contribution in [-0.4, -0.2) is 142 Å². The quantitative estimate of drug-likeness (QED) is 0.301. The highest BCUT2D eigenvalue weighted by molar-refractivity contribution is 5.73. The summed E-state index contributed by atoms with van der Waals surface area (Å²) in [5.41, 5.74) is -3.14. The van der Waals surface area contributed by atoms with Crippen LogP contribution in [0.15, 0.2) is 0 Å². The van der Waals surface area contributed by atoms with Crippen molar-refractivity contribution in [2.45, 2.75) is 180 Å². The summed E-state index contributed by atoms with van der Waals surface area (Å²) in [6.45, 7) is 18.9. The lowest BCUT2D eigenvalue weighted by atomic mass is 9.77. The third kappa shape index (κ3) is 10.4. The SMILES string of the molecule is CC[C@H]1OC(=O)C(C)[C@@H](O[C@H]2CC(C)[C@@H](O)C(C)O2)[C@H](C)[C@@H](OC2CC(N(C)C)CC(C)O2)[C@](C)(O)C[C@@H](C)CN(C)C(C)C(O)[C@]1(C)O. The van der Waals surface area contributed by atoms with E-state index in [0.29, 0.717) is 25.8 Å². The van der Waals surface area contributed by atoms with Crippen LogP contribution < -0.4 is 0 Å². The van der Waals surface area contributed by atoms with Crippen LogP contribution in [0.4, 0.5) is 0 Å². The van der Waals surface area contributed by atoms with E-state index in [2.05, 4.69) is 4.90 Å². The molecule has 0 aliphatic carbocycles. The van der Waals surface area contributed by atoms with Gasteiger partial charge in [-0.25, -0.2) is 0 Å². The number of cyclic esters (lactones) is 1. The van der Waals surface area contributed by atoms with Gasteiger partial charge in [0.2, 0.25) is 0 Å². The second-order valence-electron chi connectivity index (χ2n) is 16.6. The van der Waals surface area contributed by atoms with E-state index in [1.165, 1.54) is 6.92 Å². The minimum absolute atomic E-state index is 0.0507. The molecule has 3 saturated heterocycles. The van der Waals surface area contributed by atoms with E-state index in [4.69, 9.17) is 23.7 Å². The summed E-state index contributed by atoms with van der Waals surface area (Å²) >= 11 is 0. The van der Waals surface area contributed by atoms with Gasteiger partial charge in [0.15, 0.2) is 12.6 Å². The van der Waals surface area contributed by atoms with Crippen molar-refractivity contribution in [2.24, 2.45) is 23.7 Å². The zero-order chi connectivity index (χ0) is 37.2. The lowest BCUT2D eigenvalue weighted by Gasteiger charge is -2.46. The molecule has 12 heteroatoms. The number of aliphatic hydroxyl groups excluding tert-OH is 2. The molecule has 0 bridgehead atoms. The first-order chi connectivity index (χ1) is 22.6. The number of esters is 1.